The number of benzene rings is 5. The van der Waals surface area contributed by atoms with E-state index in [2.05, 4.69) is 118 Å². The van der Waals surface area contributed by atoms with Crippen LogP contribution in [0.5, 0.6) is 0 Å². The molecular formula is C34H24I2N6+2. The van der Waals surface area contributed by atoms with Gasteiger partial charge in [-0.25, -0.2) is 0 Å². The van der Waals surface area contributed by atoms with Crippen molar-refractivity contribution >= 4 is 45.2 Å². The molecule has 0 saturated carbocycles. The zero-order chi connectivity index (χ0) is 28.5. The Morgan fingerprint density at radius 3 is 1.17 bits per heavy atom. The fourth-order valence-electron chi connectivity index (χ4n) is 4.99. The van der Waals surface area contributed by atoms with Crippen LogP contribution in [-0.2, 0) is 0 Å². The number of hydrogen-bond acceptors (Lipinski definition) is 2. The van der Waals surface area contributed by atoms with Crippen LogP contribution in [0, 0.1) is 7.40 Å². The highest BCUT2D eigenvalue weighted by molar-refractivity contribution is 14.1. The number of halogens is 2. The fourth-order valence-corrected chi connectivity index (χ4v) is 6.82. The maximum Gasteiger partial charge on any atom is 0.241 e. The van der Waals surface area contributed by atoms with Crippen LogP contribution < -0.4 is 9.36 Å². The molecule has 0 atom stereocenters. The lowest BCUT2D eigenvalue weighted by atomic mass is 10.1. The average molecular weight is 770 g/mol. The minimum absolute atomic E-state index is 0.997. The zero-order valence-corrected chi connectivity index (χ0v) is 26.6. The summed E-state index contributed by atoms with van der Waals surface area (Å²) in [6.45, 7) is 0. The maximum absolute atomic E-state index is 5.06. The van der Waals surface area contributed by atoms with E-state index >= 15 is 0 Å². The summed E-state index contributed by atoms with van der Waals surface area (Å²) in [6, 6.07) is 49.7. The van der Waals surface area contributed by atoms with Crippen LogP contribution >= 0.6 is 45.2 Å². The molecule has 0 aliphatic rings. The molecule has 2 heterocycles. The lowest BCUT2D eigenvalue weighted by molar-refractivity contribution is -0.673. The number of para-hydroxylation sites is 4. The van der Waals surface area contributed by atoms with Gasteiger partial charge in [-0.05, 0) is 54.6 Å². The van der Waals surface area contributed by atoms with Gasteiger partial charge in [-0.2, -0.15) is 0 Å². The summed E-state index contributed by atoms with van der Waals surface area (Å²) in [6.07, 6.45) is 0. The lowest BCUT2D eigenvalue weighted by Crippen LogP contribution is -2.36. The zero-order valence-electron chi connectivity index (χ0n) is 22.3. The topological polar surface area (TPSA) is 43.4 Å². The van der Waals surface area contributed by atoms with Gasteiger partial charge >= 0.3 is 0 Å². The van der Waals surface area contributed by atoms with E-state index in [-0.39, 0.29) is 0 Å². The normalized spacial score (nSPS) is 11.1. The van der Waals surface area contributed by atoms with Crippen molar-refractivity contribution in [1.29, 1.82) is 0 Å². The molecule has 8 heteroatoms. The van der Waals surface area contributed by atoms with Crippen LogP contribution in [0.2, 0.25) is 0 Å². The SMILES string of the molecule is Ic1c(-c2cccc(-c3c(I)[n+](-c4ccccc4)nn3-c3ccccc3)c2)n(-c2ccccc2)n[n+]1-c1ccccc1. The van der Waals surface area contributed by atoms with Gasteiger partial charge in [0.05, 0.1) is 0 Å². The van der Waals surface area contributed by atoms with Gasteiger partial charge in [-0.15, -0.1) is 0 Å². The number of rotatable bonds is 6. The smallest absolute Gasteiger partial charge is 0.0925 e. The molecule has 202 valence electrons. The van der Waals surface area contributed by atoms with Crippen LogP contribution in [0.1, 0.15) is 0 Å². The third kappa shape index (κ3) is 4.94. The van der Waals surface area contributed by atoms with Crippen molar-refractivity contribution in [2.45, 2.75) is 0 Å². The molecule has 0 saturated heterocycles. The lowest BCUT2D eigenvalue weighted by Gasteiger charge is -2.04. The third-order valence-electron chi connectivity index (χ3n) is 6.96. The molecule has 0 N–H and O–H groups in total. The van der Waals surface area contributed by atoms with E-state index in [1.165, 1.54) is 0 Å². The fraction of sp³-hybridized carbons (Fsp3) is 0. The second kappa shape index (κ2) is 11.6. The summed E-state index contributed by atoms with van der Waals surface area (Å²) in [7, 11) is 0. The first kappa shape index (κ1) is 26.7. The van der Waals surface area contributed by atoms with Gasteiger partial charge < -0.3 is 0 Å². The largest absolute Gasteiger partial charge is 0.241 e. The van der Waals surface area contributed by atoms with Crippen molar-refractivity contribution in [2.24, 2.45) is 0 Å². The van der Waals surface area contributed by atoms with E-state index in [0.717, 1.165) is 52.7 Å². The summed E-state index contributed by atoms with van der Waals surface area (Å²) in [5, 5.41) is 10.1. The van der Waals surface area contributed by atoms with E-state index in [1.54, 1.807) is 0 Å². The molecule has 0 amide bonds. The average Bonchev–Trinajstić information content (AvgIpc) is 3.59. The van der Waals surface area contributed by atoms with Crippen molar-refractivity contribution < 1.29 is 9.36 Å². The highest BCUT2D eigenvalue weighted by atomic mass is 127. The van der Waals surface area contributed by atoms with E-state index in [0.29, 0.717) is 0 Å². The predicted molar refractivity (Wildman–Crippen MR) is 180 cm³/mol. The van der Waals surface area contributed by atoms with E-state index in [9.17, 15) is 0 Å². The molecule has 42 heavy (non-hydrogen) atoms. The van der Waals surface area contributed by atoms with Crippen molar-refractivity contribution in [3.63, 3.8) is 0 Å². The van der Waals surface area contributed by atoms with Crippen LogP contribution in [0.25, 0.3) is 45.3 Å². The summed E-state index contributed by atoms with van der Waals surface area (Å²) >= 11 is 4.83. The van der Waals surface area contributed by atoms with Gasteiger partial charge in [-0.1, -0.05) is 110 Å². The van der Waals surface area contributed by atoms with Crippen molar-refractivity contribution in [3.8, 4) is 45.3 Å². The summed E-state index contributed by atoms with van der Waals surface area (Å²) < 4.78 is 10.1. The molecule has 0 unspecified atom stereocenters. The Balaban J connectivity index is 1.44. The van der Waals surface area contributed by atoms with Crippen LogP contribution in [-0.4, -0.2) is 19.8 Å². The molecule has 0 aliphatic heterocycles. The summed E-state index contributed by atoms with van der Waals surface area (Å²) in [5.41, 5.74) is 8.17. The van der Waals surface area contributed by atoms with Crippen LogP contribution in [0.15, 0.2) is 146 Å². The number of nitrogens with zero attached hydrogens (tertiary/aromatic N) is 6. The van der Waals surface area contributed by atoms with Crippen LogP contribution in [0.4, 0.5) is 0 Å². The predicted octanol–water partition coefficient (Wildman–Crippen LogP) is 7.15. The van der Waals surface area contributed by atoms with Crippen molar-refractivity contribution in [3.05, 3.63) is 153 Å². The molecule has 0 bridgehead atoms. The van der Waals surface area contributed by atoms with Crippen LogP contribution in [0.3, 0.4) is 0 Å². The van der Waals surface area contributed by atoms with Crippen molar-refractivity contribution in [1.82, 2.24) is 19.8 Å². The number of hydrogen-bond donors (Lipinski definition) is 0. The molecule has 0 spiro atoms. The van der Waals surface area contributed by atoms with Gasteiger partial charge in [0.2, 0.25) is 18.8 Å². The molecule has 0 fully saturated rings. The molecular weight excluding hydrogens is 746 g/mol. The summed E-state index contributed by atoms with van der Waals surface area (Å²) in [4.78, 5) is 0. The Morgan fingerprint density at radius 2 is 0.786 bits per heavy atom. The van der Waals surface area contributed by atoms with Gasteiger partial charge in [0, 0.05) is 56.3 Å². The first-order valence-electron chi connectivity index (χ1n) is 13.4. The molecule has 7 rings (SSSR count). The van der Waals surface area contributed by atoms with Gasteiger partial charge in [0.15, 0.2) is 22.7 Å². The molecule has 7 aromatic rings. The van der Waals surface area contributed by atoms with E-state index in [1.807, 2.05) is 91.5 Å². The highest BCUT2D eigenvalue weighted by Crippen LogP contribution is 2.32. The molecule has 0 radical (unpaired) electrons. The molecule has 0 aliphatic carbocycles. The maximum atomic E-state index is 5.06. The van der Waals surface area contributed by atoms with Gasteiger partial charge in [-0.3, -0.25) is 0 Å². The first-order valence-corrected chi connectivity index (χ1v) is 15.6. The number of aromatic nitrogens is 6. The molecule has 2 aromatic heterocycles. The minimum atomic E-state index is 0.997. The van der Waals surface area contributed by atoms with E-state index in [4.69, 9.17) is 10.4 Å². The van der Waals surface area contributed by atoms with Gasteiger partial charge in [0.25, 0.3) is 0 Å². The minimum Gasteiger partial charge on any atom is -0.0925 e. The third-order valence-corrected chi connectivity index (χ3v) is 8.89. The molecule has 6 nitrogen and oxygen atoms in total. The van der Waals surface area contributed by atoms with E-state index < -0.39 is 0 Å². The second-order valence-corrected chi connectivity index (χ2v) is 11.7. The Labute approximate surface area is 270 Å². The first-order chi connectivity index (χ1) is 20.7. The Bertz CT molecular complexity index is 1840. The van der Waals surface area contributed by atoms with Crippen molar-refractivity contribution in [2.75, 3.05) is 0 Å². The summed E-state index contributed by atoms with van der Waals surface area (Å²) in [5.74, 6) is 0. The Kier molecular flexibility index (Phi) is 7.39. The standard InChI is InChI=1S/C34H24I2N6/c35-33-31(39(27-16-5-1-6-17-27)37-41(33)29-20-9-3-10-21-29)25-14-13-15-26(24-25)32-34(36)42(30-22-11-4-12-23-30)38-40(32)28-18-7-2-8-19-28/h1-24H/q+2. The molecule has 5 aromatic carbocycles. The second-order valence-electron chi connectivity index (χ2n) is 9.63. The van der Waals surface area contributed by atoms with Gasteiger partial charge in [0.1, 0.15) is 10.4 Å². The monoisotopic (exact) mass is 770 g/mol. The quantitative estimate of drug-likeness (QED) is 0.133. The Hall–Kier alpha value is -4.16. The highest BCUT2D eigenvalue weighted by Gasteiger charge is 2.31. The Morgan fingerprint density at radius 1 is 0.429 bits per heavy atom.